The van der Waals surface area contributed by atoms with Crippen LogP contribution < -0.4 is 10.2 Å². The second kappa shape index (κ2) is 5.56. The average molecular weight is 337 g/mol. The van der Waals surface area contributed by atoms with E-state index in [0.29, 0.717) is 18.9 Å². The molecule has 1 aromatic carbocycles. The molecule has 1 aliphatic carbocycles. The summed E-state index contributed by atoms with van der Waals surface area (Å²) in [5.74, 6) is -0.0717. The molecular weight excluding hydrogens is 320 g/mol. The van der Waals surface area contributed by atoms with E-state index < -0.39 is 5.92 Å². The molecule has 2 amide bonds. The van der Waals surface area contributed by atoms with Crippen LogP contribution in [0, 0.1) is 11.8 Å². The van der Waals surface area contributed by atoms with Gasteiger partial charge in [0.25, 0.3) is 0 Å². The summed E-state index contributed by atoms with van der Waals surface area (Å²) in [6, 6.07) is 7.60. The zero-order valence-corrected chi connectivity index (χ0v) is 12.7. The van der Waals surface area contributed by atoms with Gasteiger partial charge in [0.1, 0.15) is 5.92 Å². The highest BCUT2D eigenvalue weighted by Gasteiger charge is 2.37. The Hall–Kier alpha value is -1.36. The van der Waals surface area contributed by atoms with E-state index in [-0.39, 0.29) is 11.8 Å². The van der Waals surface area contributed by atoms with Crippen LogP contribution in [-0.2, 0) is 9.59 Å². The Kier molecular flexibility index (Phi) is 3.78. The van der Waals surface area contributed by atoms with Gasteiger partial charge in [0.05, 0.1) is 0 Å². The van der Waals surface area contributed by atoms with Gasteiger partial charge in [0.15, 0.2) is 0 Å². The highest BCUT2D eigenvalue weighted by molar-refractivity contribution is 9.10. The second-order valence-corrected chi connectivity index (χ2v) is 6.41. The Morgan fingerprint density at radius 2 is 1.95 bits per heavy atom. The lowest BCUT2D eigenvalue weighted by Crippen LogP contribution is -2.37. The molecule has 1 aliphatic heterocycles. The first-order valence-electron chi connectivity index (χ1n) is 7.00. The zero-order valence-electron chi connectivity index (χ0n) is 11.1. The molecule has 1 saturated carbocycles. The zero-order chi connectivity index (χ0) is 14.1. The lowest BCUT2D eigenvalue weighted by atomic mass is 10.1. The van der Waals surface area contributed by atoms with Gasteiger partial charge in [0, 0.05) is 23.2 Å². The number of carbonyl (C=O) groups excluding carboxylic acids is 2. The van der Waals surface area contributed by atoms with Gasteiger partial charge < -0.3 is 10.2 Å². The third kappa shape index (κ3) is 2.87. The van der Waals surface area contributed by atoms with Crippen LogP contribution in [-0.4, -0.2) is 24.9 Å². The molecule has 106 valence electrons. The fourth-order valence-electron chi connectivity index (χ4n) is 2.49. The summed E-state index contributed by atoms with van der Waals surface area (Å²) >= 11 is 3.38. The fourth-order valence-corrected chi connectivity index (χ4v) is 2.76. The summed E-state index contributed by atoms with van der Waals surface area (Å²) in [5, 5.41) is 2.90. The fraction of sp³-hybridized carbons (Fsp3) is 0.467. The minimum atomic E-state index is -0.516. The van der Waals surface area contributed by atoms with Gasteiger partial charge in [-0.15, -0.1) is 0 Å². The van der Waals surface area contributed by atoms with Crippen molar-refractivity contribution in [3.8, 4) is 0 Å². The van der Waals surface area contributed by atoms with Crippen LogP contribution >= 0.6 is 15.9 Å². The normalized spacial score (nSPS) is 22.1. The maximum absolute atomic E-state index is 12.3. The number of rotatable bonds is 4. The Balaban J connectivity index is 1.63. The molecule has 2 aliphatic rings. The number of carbonyl (C=O) groups is 2. The van der Waals surface area contributed by atoms with E-state index in [9.17, 15) is 9.59 Å². The van der Waals surface area contributed by atoms with Gasteiger partial charge in [-0.2, -0.15) is 0 Å². The molecule has 0 bridgehead atoms. The molecule has 2 fully saturated rings. The van der Waals surface area contributed by atoms with Gasteiger partial charge in [-0.1, -0.05) is 15.9 Å². The van der Waals surface area contributed by atoms with E-state index in [1.54, 1.807) is 4.90 Å². The van der Waals surface area contributed by atoms with Crippen molar-refractivity contribution in [3.63, 3.8) is 0 Å². The minimum Gasteiger partial charge on any atom is -0.355 e. The van der Waals surface area contributed by atoms with E-state index in [1.165, 1.54) is 12.8 Å². The number of halogens is 1. The molecule has 1 aromatic rings. The van der Waals surface area contributed by atoms with Crippen molar-refractivity contribution in [2.75, 3.05) is 18.0 Å². The molecule has 0 unspecified atom stereocenters. The molecule has 1 saturated heterocycles. The molecule has 0 aromatic heterocycles. The molecular formula is C15H17BrN2O2. The van der Waals surface area contributed by atoms with E-state index in [0.717, 1.165) is 16.7 Å². The molecule has 0 spiro atoms. The largest absolute Gasteiger partial charge is 0.355 e. The Labute approximate surface area is 126 Å². The molecule has 3 rings (SSSR count). The summed E-state index contributed by atoms with van der Waals surface area (Å²) in [5.41, 5.74) is 0.857. The van der Waals surface area contributed by atoms with Crippen LogP contribution in [0.15, 0.2) is 28.7 Å². The van der Waals surface area contributed by atoms with Crippen molar-refractivity contribution in [3.05, 3.63) is 28.7 Å². The maximum atomic E-state index is 12.3. The van der Waals surface area contributed by atoms with E-state index in [4.69, 9.17) is 0 Å². The number of nitrogens with one attached hydrogen (secondary N) is 1. The molecule has 1 heterocycles. The molecule has 4 nitrogen and oxygen atoms in total. The monoisotopic (exact) mass is 336 g/mol. The van der Waals surface area contributed by atoms with E-state index in [2.05, 4.69) is 21.2 Å². The minimum absolute atomic E-state index is 0.0828. The molecule has 0 radical (unpaired) electrons. The average Bonchev–Trinajstić information content (AvgIpc) is 3.19. The van der Waals surface area contributed by atoms with Crippen molar-refractivity contribution < 1.29 is 9.59 Å². The van der Waals surface area contributed by atoms with Gasteiger partial charge in [-0.25, -0.2) is 0 Å². The van der Waals surface area contributed by atoms with Crippen molar-refractivity contribution in [2.45, 2.75) is 19.3 Å². The predicted octanol–water partition coefficient (Wildman–Crippen LogP) is 2.33. The van der Waals surface area contributed by atoms with Crippen LogP contribution in [0.4, 0.5) is 5.69 Å². The van der Waals surface area contributed by atoms with Crippen molar-refractivity contribution in [1.82, 2.24) is 5.32 Å². The van der Waals surface area contributed by atoms with Crippen molar-refractivity contribution in [1.29, 1.82) is 0 Å². The number of nitrogens with zero attached hydrogens (tertiary/aromatic N) is 1. The van der Waals surface area contributed by atoms with Crippen molar-refractivity contribution in [2.24, 2.45) is 11.8 Å². The second-order valence-electron chi connectivity index (χ2n) is 5.50. The number of hydrogen-bond acceptors (Lipinski definition) is 2. The smallest absolute Gasteiger partial charge is 0.239 e. The van der Waals surface area contributed by atoms with Crippen molar-refractivity contribution >= 4 is 33.4 Å². The molecule has 1 atom stereocenters. The number of hydrogen-bond donors (Lipinski definition) is 1. The van der Waals surface area contributed by atoms with Gasteiger partial charge in [-0.3, -0.25) is 9.59 Å². The molecule has 5 heteroatoms. The van der Waals surface area contributed by atoms with Gasteiger partial charge in [0.2, 0.25) is 11.8 Å². The van der Waals surface area contributed by atoms with Gasteiger partial charge >= 0.3 is 0 Å². The topological polar surface area (TPSA) is 49.4 Å². The lowest BCUT2D eigenvalue weighted by molar-refractivity contribution is -0.132. The van der Waals surface area contributed by atoms with Crippen LogP contribution in [0.25, 0.3) is 0 Å². The standard InChI is InChI=1S/C15H17BrN2O2/c16-11-3-5-12(6-4-11)18-8-7-13(15(18)20)14(19)17-9-10-1-2-10/h3-6,10,13H,1-2,7-9H2,(H,17,19)/t13-/m1/s1. The first kappa shape index (κ1) is 13.6. The third-order valence-corrected chi connectivity index (χ3v) is 4.45. The van der Waals surface area contributed by atoms with Crippen LogP contribution in [0.3, 0.4) is 0 Å². The summed E-state index contributed by atoms with van der Waals surface area (Å²) in [7, 11) is 0. The lowest BCUT2D eigenvalue weighted by Gasteiger charge is -2.16. The highest BCUT2D eigenvalue weighted by atomic mass is 79.9. The van der Waals surface area contributed by atoms with E-state index >= 15 is 0 Å². The molecule has 1 N–H and O–H groups in total. The maximum Gasteiger partial charge on any atom is 0.239 e. The summed E-state index contributed by atoms with van der Waals surface area (Å²) < 4.78 is 0.978. The predicted molar refractivity (Wildman–Crippen MR) is 80.3 cm³/mol. The van der Waals surface area contributed by atoms with Gasteiger partial charge in [-0.05, 0) is 49.4 Å². The highest BCUT2D eigenvalue weighted by Crippen LogP contribution is 2.29. The Morgan fingerprint density at radius 1 is 1.25 bits per heavy atom. The number of anilines is 1. The first-order chi connectivity index (χ1) is 9.65. The third-order valence-electron chi connectivity index (χ3n) is 3.92. The Morgan fingerprint density at radius 3 is 2.60 bits per heavy atom. The molecule has 20 heavy (non-hydrogen) atoms. The Bertz CT molecular complexity index is 525. The van der Waals surface area contributed by atoms with Crippen LogP contribution in [0.2, 0.25) is 0 Å². The van der Waals surface area contributed by atoms with Crippen LogP contribution in [0.1, 0.15) is 19.3 Å². The quantitative estimate of drug-likeness (QED) is 0.858. The number of benzene rings is 1. The SMILES string of the molecule is O=C(NCC1CC1)[C@H]1CCN(c2ccc(Br)cc2)C1=O. The summed E-state index contributed by atoms with van der Waals surface area (Å²) in [6.07, 6.45) is 3.00. The summed E-state index contributed by atoms with van der Waals surface area (Å²) in [4.78, 5) is 26.1. The van der Waals surface area contributed by atoms with Crippen LogP contribution in [0.5, 0.6) is 0 Å². The van der Waals surface area contributed by atoms with E-state index in [1.807, 2.05) is 24.3 Å². The first-order valence-corrected chi connectivity index (χ1v) is 7.79. The summed E-state index contributed by atoms with van der Waals surface area (Å²) in [6.45, 7) is 1.34. The number of amides is 2.